The maximum atomic E-state index is 13.4. The zero-order valence-electron chi connectivity index (χ0n) is 8.47. The molecule has 4 nitrogen and oxygen atoms in total. The van der Waals surface area contributed by atoms with Crippen molar-refractivity contribution in [2.24, 2.45) is 0 Å². The highest BCUT2D eigenvalue weighted by Crippen LogP contribution is 2.37. The van der Waals surface area contributed by atoms with Gasteiger partial charge in [0.25, 0.3) is 0 Å². The number of carbonyl (C=O) groups is 2. The monoisotopic (exact) mass is 229 g/mol. The van der Waals surface area contributed by atoms with Crippen molar-refractivity contribution in [1.29, 1.82) is 0 Å². The molecule has 16 heavy (non-hydrogen) atoms. The summed E-state index contributed by atoms with van der Waals surface area (Å²) in [4.78, 5) is 24.4. The Bertz CT molecular complexity index is 465. The standard InChI is InChI=1S/C10H9F2NO3/c1-16-9(15)6-4-5-2-3-7(14)10(11,12)8(5)13-6/h4,13H,2-3H2,1H3. The number of methoxy groups -OCH3 is 1. The van der Waals surface area contributed by atoms with Crippen LogP contribution in [-0.4, -0.2) is 23.8 Å². The third-order valence-electron chi connectivity index (χ3n) is 2.59. The molecule has 2 rings (SSSR count). The van der Waals surface area contributed by atoms with E-state index in [9.17, 15) is 18.4 Å². The molecule has 0 saturated carbocycles. The summed E-state index contributed by atoms with van der Waals surface area (Å²) in [6, 6.07) is 1.31. The third-order valence-corrected chi connectivity index (χ3v) is 2.59. The summed E-state index contributed by atoms with van der Waals surface area (Å²) < 4.78 is 31.3. The van der Waals surface area contributed by atoms with Crippen molar-refractivity contribution in [3.63, 3.8) is 0 Å². The minimum Gasteiger partial charge on any atom is -0.464 e. The molecule has 0 atom stereocenters. The minimum absolute atomic E-state index is 0.0538. The lowest BCUT2D eigenvalue weighted by Gasteiger charge is -2.20. The van der Waals surface area contributed by atoms with Gasteiger partial charge in [0.05, 0.1) is 12.8 Å². The second-order valence-corrected chi connectivity index (χ2v) is 3.57. The average molecular weight is 229 g/mol. The highest BCUT2D eigenvalue weighted by molar-refractivity contribution is 5.91. The van der Waals surface area contributed by atoms with Gasteiger partial charge in [0.15, 0.2) is 0 Å². The van der Waals surface area contributed by atoms with E-state index in [0.29, 0.717) is 5.56 Å². The highest BCUT2D eigenvalue weighted by atomic mass is 19.3. The number of aromatic amines is 1. The number of ether oxygens (including phenoxy) is 1. The number of hydrogen-bond donors (Lipinski definition) is 1. The van der Waals surface area contributed by atoms with Crippen LogP contribution in [0, 0.1) is 0 Å². The molecular formula is C10H9F2NO3. The Kier molecular flexibility index (Phi) is 2.29. The van der Waals surface area contributed by atoms with E-state index in [4.69, 9.17) is 0 Å². The van der Waals surface area contributed by atoms with Crippen LogP contribution in [0.1, 0.15) is 28.2 Å². The largest absolute Gasteiger partial charge is 0.464 e. The molecule has 1 heterocycles. The first-order valence-electron chi connectivity index (χ1n) is 4.68. The van der Waals surface area contributed by atoms with Gasteiger partial charge in [-0.05, 0) is 18.1 Å². The van der Waals surface area contributed by atoms with Gasteiger partial charge in [0, 0.05) is 6.42 Å². The summed E-state index contributed by atoms with van der Waals surface area (Å²) >= 11 is 0. The van der Waals surface area contributed by atoms with Crippen LogP contribution in [0.3, 0.4) is 0 Å². The number of carbonyl (C=O) groups excluding carboxylic acids is 2. The van der Waals surface area contributed by atoms with Gasteiger partial charge in [-0.3, -0.25) is 4.79 Å². The van der Waals surface area contributed by atoms with E-state index in [1.807, 2.05) is 0 Å². The van der Waals surface area contributed by atoms with Crippen molar-refractivity contribution < 1.29 is 23.1 Å². The normalized spacial score (nSPS) is 18.1. The van der Waals surface area contributed by atoms with Crippen molar-refractivity contribution in [1.82, 2.24) is 4.98 Å². The number of fused-ring (bicyclic) bond motifs is 1. The number of H-pyrrole nitrogens is 1. The summed E-state index contributed by atoms with van der Waals surface area (Å²) in [7, 11) is 1.16. The van der Waals surface area contributed by atoms with E-state index in [1.54, 1.807) is 0 Å². The van der Waals surface area contributed by atoms with E-state index in [-0.39, 0.29) is 18.5 Å². The van der Waals surface area contributed by atoms with Crippen LogP contribution in [-0.2, 0) is 21.9 Å². The second kappa shape index (κ2) is 3.40. The molecule has 0 spiro atoms. The Morgan fingerprint density at radius 3 is 2.81 bits per heavy atom. The molecule has 1 aliphatic carbocycles. The van der Waals surface area contributed by atoms with Crippen molar-refractivity contribution >= 4 is 11.8 Å². The maximum absolute atomic E-state index is 13.4. The van der Waals surface area contributed by atoms with Crippen molar-refractivity contribution in [3.05, 3.63) is 23.0 Å². The number of aryl methyl sites for hydroxylation is 1. The molecule has 1 N–H and O–H groups in total. The molecule has 0 radical (unpaired) electrons. The summed E-state index contributed by atoms with van der Waals surface area (Å²) in [5, 5.41) is 0. The predicted molar refractivity (Wildman–Crippen MR) is 49.4 cm³/mol. The fraction of sp³-hybridized carbons (Fsp3) is 0.400. The van der Waals surface area contributed by atoms with Gasteiger partial charge in [-0.15, -0.1) is 0 Å². The molecule has 1 aromatic heterocycles. The number of hydrogen-bond acceptors (Lipinski definition) is 3. The number of halogens is 2. The molecule has 0 saturated heterocycles. The van der Waals surface area contributed by atoms with E-state index >= 15 is 0 Å². The van der Waals surface area contributed by atoms with Gasteiger partial charge in [-0.1, -0.05) is 0 Å². The predicted octanol–water partition coefficient (Wildman–Crippen LogP) is 1.41. The molecule has 0 aromatic carbocycles. The van der Waals surface area contributed by atoms with Crippen LogP contribution < -0.4 is 0 Å². The second-order valence-electron chi connectivity index (χ2n) is 3.57. The van der Waals surface area contributed by atoms with E-state index in [2.05, 4.69) is 9.72 Å². The summed E-state index contributed by atoms with van der Waals surface area (Å²) in [5.74, 6) is -5.38. The van der Waals surface area contributed by atoms with Gasteiger partial charge < -0.3 is 9.72 Å². The molecule has 1 aliphatic rings. The lowest BCUT2D eigenvalue weighted by atomic mass is 9.93. The third kappa shape index (κ3) is 1.41. The first kappa shape index (κ1) is 10.8. The van der Waals surface area contributed by atoms with E-state index in [0.717, 1.165) is 7.11 Å². The molecule has 0 amide bonds. The topological polar surface area (TPSA) is 59.2 Å². The first-order chi connectivity index (χ1) is 7.46. The van der Waals surface area contributed by atoms with Crippen LogP contribution >= 0.6 is 0 Å². The van der Waals surface area contributed by atoms with Gasteiger partial charge in [-0.25, -0.2) is 4.79 Å². The van der Waals surface area contributed by atoms with Crippen molar-refractivity contribution in [3.8, 4) is 0 Å². The average Bonchev–Trinajstić information content (AvgIpc) is 2.68. The smallest absolute Gasteiger partial charge is 0.354 e. The van der Waals surface area contributed by atoms with Crippen LogP contribution in [0.2, 0.25) is 0 Å². The molecule has 0 bridgehead atoms. The number of ketones is 1. The van der Waals surface area contributed by atoms with Crippen LogP contribution in [0.15, 0.2) is 6.07 Å². The molecule has 0 fully saturated rings. The molecule has 0 unspecified atom stereocenters. The van der Waals surface area contributed by atoms with Crippen molar-refractivity contribution in [2.75, 3.05) is 7.11 Å². The first-order valence-corrected chi connectivity index (χ1v) is 4.68. The van der Waals surface area contributed by atoms with Gasteiger partial charge in [0.1, 0.15) is 5.69 Å². The minimum atomic E-state index is -3.53. The SMILES string of the molecule is COC(=O)c1cc2c([nH]1)C(F)(F)C(=O)CC2. The highest BCUT2D eigenvalue weighted by Gasteiger charge is 2.46. The molecule has 86 valence electrons. The van der Waals surface area contributed by atoms with E-state index < -0.39 is 23.4 Å². The Balaban J connectivity index is 2.48. The number of aromatic nitrogens is 1. The summed E-state index contributed by atoms with van der Waals surface area (Å²) in [5.41, 5.74) is -0.240. The summed E-state index contributed by atoms with van der Waals surface area (Å²) in [6.45, 7) is 0. The maximum Gasteiger partial charge on any atom is 0.354 e. The van der Waals surface area contributed by atoms with Crippen LogP contribution in [0.25, 0.3) is 0 Å². The fourth-order valence-electron chi connectivity index (χ4n) is 1.74. The Morgan fingerprint density at radius 2 is 2.19 bits per heavy atom. The number of rotatable bonds is 1. The van der Waals surface area contributed by atoms with Crippen LogP contribution in [0.4, 0.5) is 8.78 Å². The lowest BCUT2D eigenvalue weighted by molar-refractivity contribution is -0.146. The fourth-order valence-corrected chi connectivity index (χ4v) is 1.74. The Hall–Kier alpha value is -1.72. The van der Waals surface area contributed by atoms with Crippen molar-refractivity contribution in [2.45, 2.75) is 18.8 Å². The Labute approximate surface area is 89.6 Å². The van der Waals surface area contributed by atoms with E-state index in [1.165, 1.54) is 6.07 Å². The molecule has 0 aliphatic heterocycles. The zero-order chi connectivity index (χ0) is 11.9. The number of nitrogens with one attached hydrogen (secondary N) is 1. The Morgan fingerprint density at radius 1 is 1.50 bits per heavy atom. The summed E-state index contributed by atoms with van der Waals surface area (Å²) in [6.07, 6.45) is 0.00964. The molecule has 1 aromatic rings. The number of esters is 1. The lowest BCUT2D eigenvalue weighted by Crippen LogP contribution is -2.31. The number of Topliss-reactive ketones (excluding diaryl/α,β-unsaturated/α-hetero) is 1. The molecular weight excluding hydrogens is 220 g/mol. The number of alkyl halides is 2. The quantitative estimate of drug-likeness (QED) is 0.740. The van der Waals surface area contributed by atoms with Crippen LogP contribution in [0.5, 0.6) is 0 Å². The molecule has 6 heteroatoms. The zero-order valence-corrected chi connectivity index (χ0v) is 8.47. The van der Waals surface area contributed by atoms with Gasteiger partial charge in [-0.2, -0.15) is 8.78 Å². The van der Waals surface area contributed by atoms with Gasteiger partial charge in [0.2, 0.25) is 5.78 Å². The van der Waals surface area contributed by atoms with Gasteiger partial charge >= 0.3 is 11.9 Å².